The van der Waals surface area contributed by atoms with Crippen molar-refractivity contribution in [1.82, 2.24) is 9.47 Å². The molecule has 2 amide bonds. The number of hydrogen-bond donors (Lipinski definition) is 1. The van der Waals surface area contributed by atoms with Gasteiger partial charge in [0.1, 0.15) is 0 Å². The van der Waals surface area contributed by atoms with Gasteiger partial charge < -0.3 is 15.2 Å². The highest BCUT2D eigenvalue weighted by Gasteiger charge is 2.32. The van der Waals surface area contributed by atoms with Crippen LogP contribution in [0.1, 0.15) is 49.4 Å². The van der Waals surface area contributed by atoms with Gasteiger partial charge in [-0.1, -0.05) is 6.07 Å². The molecule has 3 heterocycles. The van der Waals surface area contributed by atoms with Gasteiger partial charge in [-0.05, 0) is 61.7 Å². The van der Waals surface area contributed by atoms with E-state index in [0.29, 0.717) is 10.4 Å². The van der Waals surface area contributed by atoms with E-state index in [1.807, 2.05) is 65.2 Å². The van der Waals surface area contributed by atoms with Crippen LogP contribution in [0.3, 0.4) is 0 Å². The van der Waals surface area contributed by atoms with Crippen molar-refractivity contribution >= 4 is 23.2 Å². The molecule has 0 unspecified atom stereocenters. The number of primary amides is 1. The Morgan fingerprint density at radius 2 is 1.93 bits per heavy atom. The Balaban J connectivity index is 1.63. The quantitative estimate of drug-likeness (QED) is 0.746. The molecule has 0 aliphatic carbocycles. The summed E-state index contributed by atoms with van der Waals surface area (Å²) in [6.45, 7) is 2.76. The SMILES string of the molecule is Cc1ccc(C(=O)N2CCC[C@@H]2c2ccc(C(N)=O)s2)cc1-n1cccc1. The number of benzene rings is 1. The molecule has 0 spiro atoms. The molecule has 0 bridgehead atoms. The van der Waals surface area contributed by atoms with Gasteiger partial charge in [-0.15, -0.1) is 11.3 Å². The van der Waals surface area contributed by atoms with Crippen molar-refractivity contribution in [3.05, 3.63) is 75.7 Å². The number of thiophene rings is 1. The maximum atomic E-state index is 13.2. The molecule has 1 aliphatic heterocycles. The lowest BCUT2D eigenvalue weighted by atomic mass is 10.1. The lowest BCUT2D eigenvalue weighted by Crippen LogP contribution is -2.30. The van der Waals surface area contributed by atoms with Crippen molar-refractivity contribution in [2.45, 2.75) is 25.8 Å². The van der Waals surface area contributed by atoms with E-state index in [4.69, 9.17) is 5.73 Å². The van der Waals surface area contributed by atoms with Gasteiger partial charge in [0.15, 0.2) is 0 Å². The number of aromatic nitrogens is 1. The standard InChI is InChI=1S/C21H21N3O2S/c1-14-6-7-15(13-17(14)23-10-2-3-11-23)21(26)24-12-4-5-16(24)18-8-9-19(27-18)20(22)25/h2-3,6-11,13,16H,4-5,12H2,1H3,(H2,22,25)/t16-/m1/s1. The molecule has 27 heavy (non-hydrogen) atoms. The highest BCUT2D eigenvalue weighted by Crippen LogP contribution is 2.37. The number of aryl methyl sites for hydroxylation is 1. The molecule has 6 heteroatoms. The molecular weight excluding hydrogens is 358 g/mol. The fourth-order valence-electron chi connectivity index (χ4n) is 3.65. The molecule has 3 aromatic rings. The summed E-state index contributed by atoms with van der Waals surface area (Å²) in [6.07, 6.45) is 5.82. The third-order valence-electron chi connectivity index (χ3n) is 5.05. The second-order valence-corrected chi connectivity index (χ2v) is 7.93. The minimum Gasteiger partial charge on any atom is -0.365 e. The van der Waals surface area contributed by atoms with E-state index in [0.717, 1.165) is 35.5 Å². The lowest BCUT2D eigenvalue weighted by Gasteiger charge is -2.24. The van der Waals surface area contributed by atoms with Crippen LogP contribution in [0.15, 0.2) is 54.9 Å². The zero-order chi connectivity index (χ0) is 19.0. The van der Waals surface area contributed by atoms with Gasteiger partial charge in [-0.2, -0.15) is 0 Å². The van der Waals surface area contributed by atoms with Gasteiger partial charge in [0.25, 0.3) is 11.8 Å². The average molecular weight is 379 g/mol. The molecule has 1 aliphatic rings. The summed E-state index contributed by atoms with van der Waals surface area (Å²) in [5.74, 6) is -0.392. The Hall–Kier alpha value is -2.86. The van der Waals surface area contributed by atoms with E-state index < -0.39 is 5.91 Å². The summed E-state index contributed by atoms with van der Waals surface area (Å²) >= 11 is 1.39. The van der Waals surface area contributed by atoms with E-state index >= 15 is 0 Å². The molecule has 4 rings (SSSR count). The Bertz CT molecular complexity index is 991. The number of likely N-dealkylation sites (tertiary alicyclic amines) is 1. The van der Waals surface area contributed by atoms with Crippen molar-refractivity contribution < 1.29 is 9.59 Å². The van der Waals surface area contributed by atoms with E-state index in [9.17, 15) is 9.59 Å². The number of hydrogen-bond acceptors (Lipinski definition) is 3. The van der Waals surface area contributed by atoms with Gasteiger partial charge in [0.05, 0.1) is 10.9 Å². The van der Waals surface area contributed by atoms with E-state index in [-0.39, 0.29) is 11.9 Å². The summed E-state index contributed by atoms with van der Waals surface area (Å²) in [5.41, 5.74) is 8.18. The molecule has 2 N–H and O–H groups in total. The normalized spacial score (nSPS) is 16.6. The largest absolute Gasteiger partial charge is 0.365 e. The molecule has 2 aromatic heterocycles. The van der Waals surface area contributed by atoms with Crippen molar-refractivity contribution in [2.75, 3.05) is 6.54 Å². The van der Waals surface area contributed by atoms with Crippen LogP contribution in [0.25, 0.3) is 5.69 Å². The minimum absolute atomic E-state index is 0.00642. The van der Waals surface area contributed by atoms with Gasteiger partial charge >= 0.3 is 0 Å². The van der Waals surface area contributed by atoms with Gasteiger partial charge in [0.2, 0.25) is 0 Å². The fraction of sp³-hybridized carbons (Fsp3) is 0.238. The average Bonchev–Trinajstić information content (AvgIpc) is 3.41. The Labute approximate surface area is 162 Å². The molecular formula is C21H21N3O2S. The van der Waals surface area contributed by atoms with E-state index in [2.05, 4.69) is 0 Å². The summed E-state index contributed by atoms with van der Waals surface area (Å²) in [6, 6.07) is 13.5. The van der Waals surface area contributed by atoms with Crippen molar-refractivity contribution in [1.29, 1.82) is 0 Å². The first-order valence-corrected chi connectivity index (χ1v) is 9.81. The fourth-order valence-corrected chi connectivity index (χ4v) is 4.66. The van der Waals surface area contributed by atoms with Crippen molar-refractivity contribution in [3.63, 3.8) is 0 Å². The van der Waals surface area contributed by atoms with Gasteiger partial charge in [-0.25, -0.2) is 0 Å². The van der Waals surface area contributed by atoms with Crippen LogP contribution in [0.2, 0.25) is 0 Å². The first-order valence-electron chi connectivity index (χ1n) is 8.99. The van der Waals surface area contributed by atoms with Crippen molar-refractivity contribution in [3.8, 4) is 5.69 Å². The first-order chi connectivity index (χ1) is 13.0. The number of nitrogens with zero attached hydrogens (tertiary/aromatic N) is 2. The second-order valence-electron chi connectivity index (χ2n) is 6.81. The third kappa shape index (κ3) is 3.28. The topological polar surface area (TPSA) is 68.3 Å². The molecule has 1 fully saturated rings. The molecule has 0 radical (unpaired) electrons. The first kappa shape index (κ1) is 17.5. The minimum atomic E-state index is -0.419. The Kier molecular flexibility index (Phi) is 4.58. The second kappa shape index (κ2) is 7.04. The lowest BCUT2D eigenvalue weighted by molar-refractivity contribution is 0.0737. The predicted molar refractivity (Wildman–Crippen MR) is 106 cm³/mol. The molecule has 5 nitrogen and oxygen atoms in total. The zero-order valence-corrected chi connectivity index (χ0v) is 15.9. The van der Waals surface area contributed by atoms with Crippen LogP contribution in [0.4, 0.5) is 0 Å². The van der Waals surface area contributed by atoms with Crippen LogP contribution in [-0.2, 0) is 0 Å². The summed E-state index contributed by atoms with van der Waals surface area (Å²) < 4.78 is 2.02. The molecule has 1 aromatic carbocycles. The van der Waals surface area contributed by atoms with Crippen LogP contribution >= 0.6 is 11.3 Å². The maximum Gasteiger partial charge on any atom is 0.258 e. The smallest absolute Gasteiger partial charge is 0.258 e. The van der Waals surface area contributed by atoms with Gasteiger partial charge in [-0.3, -0.25) is 9.59 Å². The molecule has 1 saturated heterocycles. The maximum absolute atomic E-state index is 13.2. The zero-order valence-electron chi connectivity index (χ0n) is 15.1. The molecule has 0 saturated carbocycles. The summed E-state index contributed by atoms with van der Waals surface area (Å²) in [7, 11) is 0. The number of carbonyl (C=O) groups is 2. The number of amides is 2. The summed E-state index contributed by atoms with van der Waals surface area (Å²) in [4.78, 5) is 28.1. The number of rotatable bonds is 4. The third-order valence-corrected chi connectivity index (χ3v) is 6.25. The van der Waals surface area contributed by atoms with Crippen LogP contribution < -0.4 is 5.73 Å². The number of carbonyl (C=O) groups excluding carboxylic acids is 2. The highest BCUT2D eigenvalue weighted by atomic mass is 32.1. The highest BCUT2D eigenvalue weighted by molar-refractivity contribution is 7.14. The van der Waals surface area contributed by atoms with Crippen molar-refractivity contribution in [2.24, 2.45) is 5.73 Å². The van der Waals surface area contributed by atoms with Crippen LogP contribution in [-0.4, -0.2) is 27.8 Å². The van der Waals surface area contributed by atoms with Crippen LogP contribution in [0, 0.1) is 6.92 Å². The summed E-state index contributed by atoms with van der Waals surface area (Å²) in [5, 5.41) is 0. The van der Waals surface area contributed by atoms with Gasteiger partial charge in [0, 0.05) is 35.1 Å². The van der Waals surface area contributed by atoms with Crippen LogP contribution in [0.5, 0.6) is 0 Å². The number of nitrogens with two attached hydrogens (primary N) is 1. The predicted octanol–water partition coefficient (Wildman–Crippen LogP) is 3.92. The Morgan fingerprint density at radius 1 is 1.15 bits per heavy atom. The molecule has 1 atom stereocenters. The Morgan fingerprint density at radius 3 is 2.63 bits per heavy atom. The molecule has 138 valence electrons. The van der Waals surface area contributed by atoms with E-state index in [1.165, 1.54) is 11.3 Å². The van der Waals surface area contributed by atoms with E-state index in [1.54, 1.807) is 6.07 Å². The monoisotopic (exact) mass is 379 g/mol.